The van der Waals surface area contributed by atoms with Crippen LogP contribution in [-0.2, 0) is 9.47 Å². The summed E-state index contributed by atoms with van der Waals surface area (Å²) in [5.74, 6) is -0.439. The van der Waals surface area contributed by atoms with E-state index in [9.17, 15) is 4.79 Å². The summed E-state index contributed by atoms with van der Waals surface area (Å²) in [6, 6.07) is 5.14. The number of benzene rings is 1. The van der Waals surface area contributed by atoms with E-state index in [1.165, 1.54) is 0 Å². The standard InChI is InChI=1S/C13H18BrNO3/c1-13(2,3)18-8-7-17-12(16)9-5-4-6-10(14)11(9)15/h4-6H,7-8,15H2,1-3H3. The molecule has 0 fully saturated rings. The molecule has 1 aromatic rings. The number of rotatable bonds is 4. The number of nitrogen functional groups attached to an aromatic ring is 1. The van der Waals surface area contributed by atoms with E-state index in [1.54, 1.807) is 18.2 Å². The molecule has 0 aliphatic rings. The van der Waals surface area contributed by atoms with Gasteiger partial charge in [0.15, 0.2) is 0 Å². The fraction of sp³-hybridized carbons (Fsp3) is 0.462. The third-order valence-corrected chi connectivity index (χ3v) is 2.82. The Bertz CT molecular complexity index is 427. The number of carbonyl (C=O) groups excluding carboxylic acids is 1. The molecule has 0 aromatic heterocycles. The fourth-order valence-electron chi connectivity index (χ4n) is 1.27. The first-order valence-electron chi connectivity index (χ1n) is 5.66. The molecule has 0 aliphatic carbocycles. The molecule has 0 bridgehead atoms. The average molecular weight is 316 g/mol. The molecule has 1 rings (SSSR count). The van der Waals surface area contributed by atoms with E-state index in [-0.39, 0.29) is 12.2 Å². The molecule has 18 heavy (non-hydrogen) atoms. The van der Waals surface area contributed by atoms with Crippen molar-refractivity contribution in [3.63, 3.8) is 0 Å². The molecule has 5 heteroatoms. The first-order chi connectivity index (χ1) is 8.31. The number of anilines is 1. The molecule has 0 amide bonds. The number of ether oxygens (including phenoxy) is 2. The highest BCUT2D eigenvalue weighted by molar-refractivity contribution is 9.10. The molecular weight excluding hydrogens is 298 g/mol. The Hall–Kier alpha value is -1.07. The van der Waals surface area contributed by atoms with Crippen molar-refractivity contribution in [3.8, 4) is 0 Å². The normalized spacial score (nSPS) is 11.3. The second-order valence-electron chi connectivity index (χ2n) is 4.80. The van der Waals surface area contributed by atoms with Gasteiger partial charge in [-0.05, 0) is 48.8 Å². The van der Waals surface area contributed by atoms with E-state index in [2.05, 4.69) is 15.9 Å². The minimum atomic E-state index is -0.439. The largest absolute Gasteiger partial charge is 0.460 e. The Morgan fingerprint density at radius 3 is 2.61 bits per heavy atom. The van der Waals surface area contributed by atoms with Crippen LogP contribution < -0.4 is 5.73 Å². The van der Waals surface area contributed by atoms with Crippen LogP contribution in [0.1, 0.15) is 31.1 Å². The second kappa shape index (κ2) is 6.20. The summed E-state index contributed by atoms with van der Waals surface area (Å²) in [5.41, 5.74) is 6.29. The summed E-state index contributed by atoms with van der Waals surface area (Å²) in [6.45, 7) is 6.41. The van der Waals surface area contributed by atoms with Crippen LogP contribution >= 0.6 is 15.9 Å². The lowest BCUT2D eigenvalue weighted by molar-refractivity contribution is -0.0281. The third-order valence-electron chi connectivity index (χ3n) is 2.12. The van der Waals surface area contributed by atoms with E-state index in [1.807, 2.05) is 20.8 Å². The molecule has 1 aromatic carbocycles. The van der Waals surface area contributed by atoms with Gasteiger partial charge in [0.25, 0.3) is 0 Å². The van der Waals surface area contributed by atoms with Gasteiger partial charge in [-0.15, -0.1) is 0 Å². The topological polar surface area (TPSA) is 61.5 Å². The lowest BCUT2D eigenvalue weighted by atomic mass is 10.2. The van der Waals surface area contributed by atoms with Gasteiger partial charge in [0.1, 0.15) is 6.61 Å². The van der Waals surface area contributed by atoms with Crippen LogP contribution in [0, 0.1) is 0 Å². The van der Waals surface area contributed by atoms with Crippen LogP contribution in [0.25, 0.3) is 0 Å². The maximum Gasteiger partial charge on any atom is 0.340 e. The highest BCUT2D eigenvalue weighted by Gasteiger charge is 2.14. The van der Waals surface area contributed by atoms with Gasteiger partial charge in [-0.2, -0.15) is 0 Å². The number of hydrogen-bond acceptors (Lipinski definition) is 4. The van der Waals surface area contributed by atoms with E-state index >= 15 is 0 Å². The van der Waals surface area contributed by atoms with E-state index in [4.69, 9.17) is 15.2 Å². The van der Waals surface area contributed by atoms with E-state index in [0.717, 1.165) is 0 Å². The molecule has 0 radical (unpaired) electrons. The summed E-state index contributed by atoms with van der Waals surface area (Å²) in [6.07, 6.45) is 0. The van der Waals surface area contributed by atoms with Crippen molar-refractivity contribution in [2.75, 3.05) is 18.9 Å². The smallest absolute Gasteiger partial charge is 0.340 e. The van der Waals surface area contributed by atoms with Crippen LogP contribution in [0.3, 0.4) is 0 Å². The highest BCUT2D eigenvalue weighted by Crippen LogP contribution is 2.23. The zero-order valence-corrected chi connectivity index (χ0v) is 12.4. The Labute approximate surface area is 116 Å². The van der Waals surface area contributed by atoms with Crippen molar-refractivity contribution in [3.05, 3.63) is 28.2 Å². The summed E-state index contributed by atoms with van der Waals surface area (Å²) < 4.78 is 11.2. The third kappa shape index (κ3) is 4.66. The molecule has 0 unspecified atom stereocenters. The van der Waals surface area contributed by atoms with Crippen molar-refractivity contribution in [2.45, 2.75) is 26.4 Å². The summed E-state index contributed by atoms with van der Waals surface area (Å²) in [5, 5.41) is 0. The first-order valence-corrected chi connectivity index (χ1v) is 6.45. The van der Waals surface area contributed by atoms with Crippen LogP contribution in [0.5, 0.6) is 0 Å². The Morgan fingerprint density at radius 2 is 2.00 bits per heavy atom. The van der Waals surface area contributed by atoms with Gasteiger partial charge in [-0.25, -0.2) is 4.79 Å². The Morgan fingerprint density at radius 1 is 1.33 bits per heavy atom. The zero-order valence-electron chi connectivity index (χ0n) is 10.8. The van der Waals surface area contributed by atoms with Crippen molar-refractivity contribution in [2.24, 2.45) is 0 Å². The van der Waals surface area contributed by atoms with Gasteiger partial charge in [-0.3, -0.25) is 0 Å². The SMILES string of the molecule is CC(C)(C)OCCOC(=O)c1cccc(Br)c1N. The van der Waals surface area contributed by atoms with Crippen molar-refractivity contribution >= 4 is 27.6 Å². The summed E-state index contributed by atoms with van der Waals surface area (Å²) >= 11 is 3.26. The van der Waals surface area contributed by atoms with E-state index in [0.29, 0.717) is 22.3 Å². The lowest BCUT2D eigenvalue weighted by Crippen LogP contribution is -2.22. The predicted octanol–water partition coefficient (Wildman–Crippen LogP) is 3.00. The molecule has 0 saturated heterocycles. The van der Waals surface area contributed by atoms with E-state index < -0.39 is 5.97 Å². The Balaban J connectivity index is 2.49. The molecule has 2 N–H and O–H groups in total. The molecule has 0 aliphatic heterocycles. The van der Waals surface area contributed by atoms with Gasteiger partial charge in [0, 0.05) is 4.47 Å². The van der Waals surface area contributed by atoms with Crippen LogP contribution in [0.15, 0.2) is 22.7 Å². The number of para-hydroxylation sites is 1. The van der Waals surface area contributed by atoms with Gasteiger partial charge >= 0.3 is 5.97 Å². The predicted molar refractivity (Wildman–Crippen MR) is 74.5 cm³/mol. The molecule has 0 saturated carbocycles. The van der Waals surface area contributed by atoms with Crippen molar-refractivity contribution < 1.29 is 14.3 Å². The minimum absolute atomic E-state index is 0.210. The second-order valence-corrected chi connectivity index (χ2v) is 5.65. The number of carbonyl (C=O) groups is 1. The molecule has 0 atom stereocenters. The van der Waals surface area contributed by atoms with Crippen LogP contribution in [0.2, 0.25) is 0 Å². The number of hydrogen-bond donors (Lipinski definition) is 1. The van der Waals surface area contributed by atoms with Crippen molar-refractivity contribution in [1.82, 2.24) is 0 Å². The number of nitrogens with two attached hydrogens (primary N) is 1. The lowest BCUT2D eigenvalue weighted by Gasteiger charge is -2.19. The van der Waals surface area contributed by atoms with Crippen molar-refractivity contribution in [1.29, 1.82) is 0 Å². The Kier molecular flexibility index (Phi) is 5.16. The van der Waals surface area contributed by atoms with Gasteiger partial charge in [0.05, 0.1) is 23.5 Å². The average Bonchev–Trinajstić information content (AvgIpc) is 2.26. The molecular formula is C13H18BrNO3. The number of halogens is 1. The van der Waals surface area contributed by atoms with Gasteiger partial charge < -0.3 is 15.2 Å². The maximum atomic E-state index is 11.8. The highest BCUT2D eigenvalue weighted by atomic mass is 79.9. The maximum absolute atomic E-state index is 11.8. The quantitative estimate of drug-likeness (QED) is 0.527. The molecule has 0 spiro atoms. The zero-order chi connectivity index (χ0) is 13.8. The van der Waals surface area contributed by atoms with Crippen LogP contribution in [0.4, 0.5) is 5.69 Å². The monoisotopic (exact) mass is 315 g/mol. The van der Waals surface area contributed by atoms with Gasteiger partial charge in [-0.1, -0.05) is 6.07 Å². The first kappa shape index (κ1) is 15.0. The van der Waals surface area contributed by atoms with Gasteiger partial charge in [0.2, 0.25) is 0 Å². The summed E-state index contributed by atoms with van der Waals surface area (Å²) in [7, 11) is 0. The van der Waals surface area contributed by atoms with Crippen LogP contribution in [-0.4, -0.2) is 24.8 Å². The minimum Gasteiger partial charge on any atom is -0.460 e. The molecule has 4 nitrogen and oxygen atoms in total. The summed E-state index contributed by atoms with van der Waals surface area (Å²) in [4.78, 5) is 11.8. The fourth-order valence-corrected chi connectivity index (χ4v) is 1.64. The molecule has 0 heterocycles. The molecule has 100 valence electrons. The number of esters is 1.